The van der Waals surface area contributed by atoms with E-state index >= 15 is 0 Å². The molecule has 2 fully saturated rings. The summed E-state index contributed by atoms with van der Waals surface area (Å²) in [6.07, 6.45) is 6.86. The van der Waals surface area contributed by atoms with Crippen molar-refractivity contribution in [2.24, 2.45) is 11.8 Å². The van der Waals surface area contributed by atoms with Crippen LogP contribution in [0, 0.1) is 11.8 Å². The Balaban J connectivity index is 1.82. The molecule has 2 aliphatic rings. The molecule has 0 aromatic carbocycles. The van der Waals surface area contributed by atoms with Crippen LogP contribution in [0.2, 0.25) is 0 Å². The second kappa shape index (κ2) is 4.59. The summed E-state index contributed by atoms with van der Waals surface area (Å²) in [4.78, 5) is 4.08. The summed E-state index contributed by atoms with van der Waals surface area (Å²) in [5, 5.41) is 0.196. The largest absolute Gasteiger partial charge is 0.334 e. The van der Waals surface area contributed by atoms with Crippen LogP contribution in [0.3, 0.4) is 0 Å². The van der Waals surface area contributed by atoms with E-state index < -0.39 is 10.0 Å². The van der Waals surface area contributed by atoms with E-state index in [1.54, 1.807) is 16.8 Å². The van der Waals surface area contributed by atoms with Gasteiger partial charge in [-0.3, -0.25) is 0 Å². The molecule has 2 unspecified atom stereocenters. The Bertz CT molecular complexity index is 552. The monoisotopic (exact) mass is 283 g/mol. The highest BCUT2D eigenvalue weighted by molar-refractivity contribution is 7.89. The number of aromatic nitrogens is 2. The number of sulfonamides is 1. The van der Waals surface area contributed by atoms with Crippen molar-refractivity contribution < 1.29 is 8.42 Å². The van der Waals surface area contributed by atoms with E-state index in [9.17, 15) is 8.42 Å². The molecular formula is C13H21N3O2S. The molecule has 106 valence electrons. The van der Waals surface area contributed by atoms with Crippen LogP contribution >= 0.6 is 0 Å². The zero-order chi connectivity index (χ0) is 13.6. The molecule has 2 heterocycles. The van der Waals surface area contributed by atoms with E-state index in [2.05, 4.69) is 4.98 Å². The van der Waals surface area contributed by atoms with E-state index in [-0.39, 0.29) is 11.1 Å². The molecule has 1 saturated carbocycles. The van der Waals surface area contributed by atoms with Crippen LogP contribution in [0.25, 0.3) is 0 Å². The smallest absolute Gasteiger partial charge is 0.262 e. The topological polar surface area (TPSA) is 55.2 Å². The minimum atomic E-state index is -3.39. The summed E-state index contributed by atoms with van der Waals surface area (Å²) in [5.74, 6) is 1.14. The molecule has 2 atom stereocenters. The van der Waals surface area contributed by atoms with Crippen LogP contribution in [0.4, 0.5) is 0 Å². The Morgan fingerprint density at radius 2 is 1.89 bits per heavy atom. The molecule has 1 aliphatic heterocycles. The lowest BCUT2D eigenvalue weighted by Crippen LogP contribution is -2.30. The first kappa shape index (κ1) is 13.1. The molecule has 0 spiro atoms. The summed E-state index contributed by atoms with van der Waals surface area (Å²) in [7, 11) is -3.39. The van der Waals surface area contributed by atoms with Crippen LogP contribution in [-0.2, 0) is 10.0 Å². The first-order valence-electron chi connectivity index (χ1n) is 7.02. The number of imidazole rings is 1. The number of rotatable bonds is 3. The van der Waals surface area contributed by atoms with Crippen molar-refractivity contribution in [3.63, 3.8) is 0 Å². The molecule has 1 aliphatic carbocycles. The summed E-state index contributed by atoms with van der Waals surface area (Å²) in [6, 6.07) is 0.231. The average molecular weight is 283 g/mol. The summed E-state index contributed by atoms with van der Waals surface area (Å²) in [6.45, 7) is 5.39. The number of nitrogens with zero attached hydrogens (tertiary/aromatic N) is 3. The van der Waals surface area contributed by atoms with Crippen molar-refractivity contribution in [1.82, 2.24) is 13.9 Å². The first-order valence-corrected chi connectivity index (χ1v) is 8.46. The third-order valence-electron chi connectivity index (χ3n) is 4.47. The predicted molar refractivity (Wildman–Crippen MR) is 72.2 cm³/mol. The predicted octanol–water partition coefficient (Wildman–Crippen LogP) is 1.88. The Morgan fingerprint density at radius 3 is 2.42 bits per heavy atom. The van der Waals surface area contributed by atoms with E-state index in [0.29, 0.717) is 24.9 Å². The molecule has 0 bridgehead atoms. The Kier molecular flexibility index (Phi) is 3.17. The van der Waals surface area contributed by atoms with Gasteiger partial charge in [0, 0.05) is 25.3 Å². The lowest BCUT2D eigenvalue weighted by atomic mass is 10.0. The molecule has 0 N–H and O–H groups in total. The van der Waals surface area contributed by atoms with Crippen molar-refractivity contribution in [2.75, 3.05) is 13.1 Å². The van der Waals surface area contributed by atoms with Crippen LogP contribution < -0.4 is 0 Å². The van der Waals surface area contributed by atoms with E-state index in [0.717, 1.165) is 0 Å². The lowest BCUT2D eigenvalue weighted by molar-refractivity contribution is 0.443. The second-order valence-electron chi connectivity index (χ2n) is 6.03. The molecule has 0 amide bonds. The standard InChI is InChI=1S/C13H21N3O2S/c1-10(2)15-8-13(14-9-15)19(17,18)16-6-11-4-3-5-12(11)7-16/h8-12H,3-7H2,1-2H3. The maximum absolute atomic E-state index is 12.6. The molecular weight excluding hydrogens is 262 g/mol. The summed E-state index contributed by atoms with van der Waals surface area (Å²) >= 11 is 0. The highest BCUT2D eigenvalue weighted by Gasteiger charge is 2.42. The van der Waals surface area contributed by atoms with E-state index in [1.807, 2.05) is 18.4 Å². The van der Waals surface area contributed by atoms with Gasteiger partial charge in [0.2, 0.25) is 0 Å². The second-order valence-corrected chi connectivity index (χ2v) is 7.91. The van der Waals surface area contributed by atoms with Crippen LogP contribution in [0.1, 0.15) is 39.2 Å². The van der Waals surface area contributed by atoms with Crippen LogP contribution in [0.5, 0.6) is 0 Å². The van der Waals surface area contributed by atoms with Gasteiger partial charge in [0.25, 0.3) is 10.0 Å². The van der Waals surface area contributed by atoms with Gasteiger partial charge in [-0.2, -0.15) is 4.31 Å². The Hall–Kier alpha value is -0.880. The van der Waals surface area contributed by atoms with Crippen LogP contribution in [-0.4, -0.2) is 35.4 Å². The number of hydrogen-bond acceptors (Lipinski definition) is 3. The van der Waals surface area contributed by atoms with Crippen molar-refractivity contribution >= 4 is 10.0 Å². The van der Waals surface area contributed by atoms with Gasteiger partial charge in [0.05, 0.1) is 6.33 Å². The first-order chi connectivity index (χ1) is 8.98. The molecule has 3 rings (SSSR count). The van der Waals surface area contributed by atoms with Gasteiger partial charge >= 0.3 is 0 Å². The summed E-state index contributed by atoms with van der Waals surface area (Å²) < 4.78 is 28.6. The maximum Gasteiger partial charge on any atom is 0.262 e. The van der Waals surface area contributed by atoms with Gasteiger partial charge in [0.1, 0.15) is 0 Å². The molecule has 1 aromatic rings. The third kappa shape index (κ3) is 2.21. The molecule has 1 saturated heterocycles. The Labute approximate surface area is 114 Å². The zero-order valence-corrected chi connectivity index (χ0v) is 12.3. The fourth-order valence-electron chi connectivity index (χ4n) is 3.25. The van der Waals surface area contributed by atoms with Crippen LogP contribution in [0.15, 0.2) is 17.6 Å². The highest BCUT2D eigenvalue weighted by Crippen LogP contribution is 2.39. The highest BCUT2D eigenvalue weighted by atomic mass is 32.2. The van der Waals surface area contributed by atoms with Gasteiger partial charge in [-0.25, -0.2) is 13.4 Å². The Morgan fingerprint density at radius 1 is 1.26 bits per heavy atom. The van der Waals surface area contributed by atoms with Crippen molar-refractivity contribution in [3.05, 3.63) is 12.5 Å². The molecule has 0 radical (unpaired) electrons. The fraction of sp³-hybridized carbons (Fsp3) is 0.769. The fourth-order valence-corrected chi connectivity index (χ4v) is 4.73. The van der Waals surface area contributed by atoms with Crippen molar-refractivity contribution in [1.29, 1.82) is 0 Å². The lowest BCUT2D eigenvalue weighted by Gasteiger charge is -2.15. The average Bonchev–Trinajstić information content (AvgIpc) is 3.04. The van der Waals surface area contributed by atoms with E-state index in [4.69, 9.17) is 0 Å². The van der Waals surface area contributed by atoms with Gasteiger partial charge in [-0.15, -0.1) is 0 Å². The molecule has 5 nitrogen and oxygen atoms in total. The van der Waals surface area contributed by atoms with E-state index in [1.165, 1.54) is 19.3 Å². The minimum Gasteiger partial charge on any atom is -0.334 e. The molecule has 6 heteroatoms. The van der Waals surface area contributed by atoms with Gasteiger partial charge in [-0.05, 0) is 38.5 Å². The van der Waals surface area contributed by atoms with Gasteiger partial charge in [-0.1, -0.05) is 6.42 Å². The van der Waals surface area contributed by atoms with Gasteiger partial charge in [0.15, 0.2) is 5.03 Å². The normalized spacial score (nSPS) is 28.2. The third-order valence-corrected chi connectivity index (χ3v) is 6.19. The SMILES string of the molecule is CC(C)n1cnc(S(=O)(=O)N2CC3CCCC3C2)c1. The number of hydrogen-bond donors (Lipinski definition) is 0. The minimum absolute atomic E-state index is 0.196. The van der Waals surface area contributed by atoms with Crippen molar-refractivity contribution in [3.8, 4) is 0 Å². The zero-order valence-electron chi connectivity index (χ0n) is 11.5. The van der Waals surface area contributed by atoms with Gasteiger partial charge < -0.3 is 4.57 Å². The quantitative estimate of drug-likeness (QED) is 0.851. The summed E-state index contributed by atoms with van der Waals surface area (Å²) in [5.41, 5.74) is 0. The maximum atomic E-state index is 12.6. The molecule has 1 aromatic heterocycles. The molecule has 19 heavy (non-hydrogen) atoms. The number of fused-ring (bicyclic) bond motifs is 1. The van der Waals surface area contributed by atoms with Crippen molar-refractivity contribution in [2.45, 2.75) is 44.2 Å².